The zero-order valence-electron chi connectivity index (χ0n) is 8.98. The number of para-hydroxylation sites is 1. The molecule has 0 saturated carbocycles. The summed E-state index contributed by atoms with van der Waals surface area (Å²) >= 11 is 6.02. The topological polar surface area (TPSA) is 22.0 Å². The molecule has 2 rings (SSSR count). The van der Waals surface area contributed by atoms with Crippen LogP contribution in [0.2, 0.25) is 5.02 Å². The van der Waals surface area contributed by atoms with Crippen molar-refractivity contribution < 1.29 is 1.37 Å². The first-order chi connectivity index (χ1) is 7.72. The van der Waals surface area contributed by atoms with Crippen molar-refractivity contribution in [1.29, 1.82) is 0 Å². The Bertz CT molecular complexity index is 565. The fourth-order valence-corrected chi connectivity index (χ4v) is 1.59. The smallest absolute Gasteiger partial charge is 0.255 e. The molecule has 1 aromatic heterocycles. The monoisotopic (exact) mass is 220 g/mol. The van der Waals surface area contributed by atoms with Crippen molar-refractivity contribution in [3.63, 3.8) is 0 Å². The number of hydrogen-bond donors (Lipinski definition) is 0. The molecule has 0 spiro atoms. The van der Waals surface area contributed by atoms with Gasteiger partial charge in [0.25, 0.3) is 5.56 Å². The van der Waals surface area contributed by atoms with Gasteiger partial charge in [-0.25, -0.2) is 0 Å². The van der Waals surface area contributed by atoms with Gasteiger partial charge in [-0.3, -0.25) is 9.36 Å². The van der Waals surface area contributed by atoms with Crippen LogP contribution in [0.5, 0.6) is 0 Å². The highest BCUT2D eigenvalue weighted by atomic mass is 35.5. The predicted molar refractivity (Wildman–Crippen MR) is 61.8 cm³/mol. The van der Waals surface area contributed by atoms with Crippen molar-refractivity contribution in [1.82, 2.24) is 4.57 Å². The Kier molecular flexibility index (Phi) is 2.28. The molecule has 0 N–H and O–H groups in total. The molecule has 0 aliphatic rings. The minimum Gasteiger partial charge on any atom is -0.283 e. The summed E-state index contributed by atoms with van der Waals surface area (Å²) < 4.78 is 8.74. The molecule has 0 unspecified atom stereocenters. The van der Waals surface area contributed by atoms with E-state index in [2.05, 4.69) is 0 Å². The van der Waals surface area contributed by atoms with Gasteiger partial charge in [-0.1, -0.05) is 29.8 Å². The molecule has 0 amide bonds. The van der Waals surface area contributed by atoms with E-state index >= 15 is 0 Å². The molecule has 76 valence electrons. The van der Waals surface area contributed by atoms with Crippen LogP contribution in [-0.2, 0) is 0 Å². The van der Waals surface area contributed by atoms with E-state index in [4.69, 9.17) is 13.0 Å². The van der Waals surface area contributed by atoms with Crippen LogP contribution >= 0.6 is 11.6 Å². The fourth-order valence-electron chi connectivity index (χ4n) is 1.37. The number of aryl methyl sites for hydroxylation is 1. The number of rotatable bonds is 1. The molecule has 0 aliphatic carbocycles. The van der Waals surface area contributed by atoms with Crippen LogP contribution in [0.1, 0.15) is 6.93 Å². The standard InChI is InChI=1S/C12H10ClNO/c1-9-6-7-12(15)14(8-9)11-5-3-2-4-10(11)13/h2-8H,1H3/i1D. The first-order valence-corrected chi connectivity index (χ1v) is 4.86. The molecule has 1 heterocycles. The molecule has 0 radical (unpaired) electrons. The van der Waals surface area contributed by atoms with Crippen molar-refractivity contribution in [2.45, 2.75) is 6.90 Å². The van der Waals surface area contributed by atoms with Crippen molar-refractivity contribution in [2.75, 3.05) is 0 Å². The van der Waals surface area contributed by atoms with Crippen molar-refractivity contribution >= 4 is 11.6 Å². The predicted octanol–water partition coefficient (Wildman–Crippen LogP) is 2.80. The maximum atomic E-state index is 11.7. The molecule has 0 atom stereocenters. The summed E-state index contributed by atoms with van der Waals surface area (Å²) in [6.07, 6.45) is 1.65. The first-order valence-electron chi connectivity index (χ1n) is 5.19. The summed E-state index contributed by atoms with van der Waals surface area (Å²) in [5.74, 6) is 0. The molecule has 15 heavy (non-hydrogen) atoms. The highest BCUT2D eigenvalue weighted by Gasteiger charge is 2.03. The van der Waals surface area contributed by atoms with Gasteiger partial charge in [-0.2, -0.15) is 0 Å². The summed E-state index contributed by atoms with van der Waals surface area (Å²) in [6.45, 7) is 0.144. The van der Waals surface area contributed by atoms with Gasteiger partial charge in [-0.05, 0) is 24.6 Å². The molecular formula is C12H10ClNO. The second-order valence-electron chi connectivity index (χ2n) is 3.20. The van der Waals surface area contributed by atoms with Gasteiger partial charge in [0.05, 0.1) is 10.7 Å². The Hall–Kier alpha value is -1.54. The van der Waals surface area contributed by atoms with Crippen LogP contribution in [0.4, 0.5) is 0 Å². The molecule has 0 saturated heterocycles. The minimum absolute atomic E-state index is 0.144. The van der Waals surface area contributed by atoms with Gasteiger partial charge in [0.2, 0.25) is 0 Å². The fraction of sp³-hybridized carbons (Fsp3) is 0.0833. The summed E-state index contributed by atoms with van der Waals surface area (Å²) in [5.41, 5.74) is 1.27. The van der Waals surface area contributed by atoms with Gasteiger partial charge < -0.3 is 0 Å². The van der Waals surface area contributed by atoms with Crippen LogP contribution < -0.4 is 5.56 Å². The summed E-state index contributed by atoms with van der Waals surface area (Å²) in [7, 11) is 0. The number of aromatic nitrogens is 1. The maximum Gasteiger partial charge on any atom is 0.255 e. The van der Waals surface area contributed by atoms with Crippen LogP contribution in [-0.4, -0.2) is 4.57 Å². The van der Waals surface area contributed by atoms with Crippen LogP contribution in [0.3, 0.4) is 0 Å². The molecule has 0 fully saturated rings. The summed E-state index contributed by atoms with van der Waals surface area (Å²) in [6, 6.07) is 10.2. The Morgan fingerprint density at radius 1 is 1.27 bits per heavy atom. The molecule has 2 aromatic rings. The van der Waals surface area contributed by atoms with Crippen molar-refractivity contribution in [3.05, 3.63) is 63.5 Å². The average molecular weight is 221 g/mol. The van der Waals surface area contributed by atoms with E-state index in [1.54, 1.807) is 24.4 Å². The second-order valence-corrected chi connectivity index (χ2v) is 3.60. The lowest BCUT2D eigenvalue weighted by Crippen LogP contribution is -2.16. The average Bonchev–Trinajstić information content (AvgIpc) is 2.31. The molecule has 3 heteroatoms. The third-order valence-electron chi connectivity index (χ3n) is 2.08. The van der Waals surface area contributed by atoms with Gasteiger partial charge in [0.15, 0.2) is 0 Å². The number of benzene rings is 1. The number of hydrogen-bond acceptors (Lipinski definition) is 1. The third-order valence-corrected chi connectivity index (χ3v) is 2.40. The van der Waals surface area contributed by atoms with Crippen LogP contribution in [0.25, 0.3) is 5.69 Å². The molecular weight excluding hydrogens is 210 g/mol. The summed E-state index contributed by atoms with van der Waals surface area (Å²) in [4.78, 5) is 11.7. The van der Waals surface area contributed by atoms with Crippen LogP contribution in [0, 0.1) is 6.90 Å². The first kappa shape index (κ1) is 8.74. The SMILES string of the molecule is [2H]Cc1ccc(=O)n(-c2ccccc2Cl)c1. The highest BCUT2D eigenvalue weighted by molar-refractivity contribution is 6.32. The molecule has 0 bridgehead atoms. The molecule has 1 aromatic carbocycles. The summed E-state index contributed by atoms with van der Waals surface area (Å²) in [5, 5.41) is 0.520. The lowest BCUT2D eigenvalue weighted by atomic mass is 10.2. The largest absolute Gasteiger partial charge is 0.283 e. The van der Waals surface area contributed by atoms with Gasteiger partial charge >= 0.3 is 0 Å². The third kappa shape index (κ3) is 1.95. The zero-order chi connectivity index (χ0) is 11.5. The highest BCUT2D eigenvalue weighted by Crippen LogP contribution is 2.18. The van der Waals surface area contributed by atoms with Crippen molar-refractivity contribution in [3.8, 4) is 5.69 Å². The Balaban J connectivity index is 2.64. The van der Waals surface area contributed by atoms with E-state index in [1.807, 2.05) is 12.1 Å². The quantitative estimate of drug-likeness (QED) is 0.725. The van der Waals surface area contributed by atoms with Crippen molar-refractivity contribution in [2.24, 2.45) is 0 Å². The minimum atomic E-state index is -0.148. The maximum absolute atomic E-state index is 11.7. The van der Waals surface area contributed by atoms with E-state index in [1.165, 1.54) is 10.6 Å². The number of nitrogens with zero attached hydrogens (tertiary/aromatic N) is 1. The number of halogens is 1. The Labute approximate surface area is 94.2 Å². The second kappa shape index (κ2) is 3.91. The Morgan fingerprint density at radius 2 is 2.07 bits per heavy atom. The van der Waals surface area contributed by atoms with Gasteiger partial charge in [-0.15, -0.1) is 0 Å². The molecule has 0 aliphatic heterocycles. The zero-order valence-corrected chi connectivity index (χ0v) is 8.74. The number of pyridine rings is 1. The van der Waals surface area contributed by atoms with E-state index in [0.717, 1.165) is 5.56 Å². The lowest BCUT2D eigenvalue weighted by Gasteiger charge is -2.07. The van der Waals surface area contributed by atoms with Crippen LogP contribution in [0.15, 0.2) is 47.4 Å². The van der Waals surface area contributed by atoms with Gasteiger partial charge in [0, 0.05) is 13.6 Å². The Morgan fingerprint density at radius 3 is 2.80 bits per heavy atom. The van der Waals surface area contributed by atoms with Gasteiger partial charge in [0.1, 0.15) is 0 Å². The van der Waals surface area contributed by atoms with E-state index in [0.29, 0.717) is 10.7 Å². The normalized spacial score (nSPS) is 11.1. The van der Waals surface area contributed by atoms with E-state index in [9.17, 15) is 4.79 Å². The molecule has 2 nitrogen and oxygen atoms in total. The van der Waals surface area contributed by atoms with E-state index in [-0.39, 0.29) is 12.5 Å². The van der Waals surface area contributed by atoms with E-state index < -0.39 is 0 Å². The lowest BCUT2D eigenvalue weighted by molar-refractivity contribution is 0.977.